The molecule has 1 unspecified atom stereocenters. The van der Waals surface area contributed by atoms with Crippen LogP contribution in [0, 0.1) is 11.7 Å². The Labute approximate surface area is 212 Å². The molecule has 5 nitrogen and oxygen atoms in total. The van der Waals surface area contributed by atoms with Gasteiger partial charge in [-0.1, -0.05) is 30.3 Å². The molecule has 0 spiro atoms. The van der Waals surface area contributed by atoms with Crippen LogP contribution in [0.5, 0.6) is 0 Å². The topological polar surface area (TPSA) is 51.4 Å². The maximum absolute atomic E-state index is 14.6. The van der Waals surface area contributed by atoms with Gasteiger partial charge in [0.2, 0.25) is 0 Å². The van der Waals surface area contributed by atoms with E-state index in [-0.39, 0.29) is 11.7 Å². The molecule has 3 heterocycles. The van der Waals surface area contributed by atoms with E-state index in [1.807, 2.05) is 30.3 Å². The molecule has 0 bridgehead atoms. The summed E-state index contributed by atoms with van der Waals surface area (Å²) in [5.41, 5.74) is 6.92. The van der Waals surface area contributed by atoms with Crippen LogP contribution in [-0.2, 0) is 17.6 Å². The minimum Gasteiger partial charge on any atom is -0.359 e. The number of anilines is 1. The van der Waals surface area contributed by atoms with Crippen LogP contribution in [0.1, 0.15) is 35.4 Å². The highest BCUT2D eigenvalue weighted by atomic mass is 19.1. The van der Waals surface area contributed by atoms with E-state index in [0.717, 1.165) is 35.3 Å². The average molecular weight is 485 g/mol. The van der Waals surface area contributed by atoms with Crippen molar-refractivity contribution in [3.63, 3.8) is 0 Å². The molecule has 3 aliphatic rings. The number of fused-ring (bicyclic) bond motifs is 2. The molecular weight excluding hydrogens is 451 g/mol. The fourth-order valence-electron chi connectivity index (χ4n) is 5.94. The van der Waals surface area contributed by atoms with Gasteiger partial charge >= 0.3 is 0 Å². The first kappa shape index (κ1) is 23.2. The van der Waals surface area contributed by atoms with E-state index in [0.29, 0.717) is 17.1 Å². The van der Waals surface area contributed by atoms with Crippen LogP contribution < -0.4 is 5.32 Å². The van der Waals surface area contributed by atoms with Gasteiger partial charge in [-0.2, -0.15) is 0 Å². The summed E-state index contributed by atoms with van der Waals surface area (Å²) in [4.78, 5) is 21.5. The van der Waals surface area contributed by atoms with Crippen molar-refractivity contribution in [1.29, 1.82) is 0 Å². The summed E-state index contributed by atoms with van der Waals surface area (Å²) in [7, 11) is 2.20. The summed E-state index contributed by atoms with van der Waals surface area (Å²) in [5, 5.41) is 2.97. The number of amides is 1. The highest BCUT2D eigenvalue weighted by Gasteiger charge is 2.29. The second kappa shape index (κ2) is 9.68. The molecule has 1 aliphatic carbocycles. The molecule has 1 fully saturated rings. The maximum Gasteiger partial charge on any atom is 0.256 e. The maximum atomic E-state index is 14.6. The first-order valence-corrected chi connectivity index (χ1v) is 13.1. The predicted octanol–water partition coefficient (Wildman–Crippen LogP) is 5.06. The minimum atomic E-state index is -0.289. The molecule has 2 aliphatic heterocycles. The number of likely N-dealkylation sites (N-methyl/N-ethyl adjacent to an activating group) is 1. The summed E-state index contributed by atoms with van der Waals surface area (Å²) in [6.45, 7) is 5.87. The van der Waals surface area contributed by atoms with Crippen molar-refractivity contribution in [3.05, 3.63) is 76.9 Å². The lowest BCUT2D eigenvalue weighted by Gasteiger charge is -2.33. The standard InChI is InChI=1S/C30H33FN4O/c1-34-13-15-35(16-14-34)12-11-20-9-10-27-21(17-20)18-22(32-27)19-25-29-24(23-5-2-3-7-26(23)31)6-4-8-28(29)33-30(25)36/h2-8,18-20,32H,9-17H2,1H3,(H,33,36)/b25-19-. The largest absolute Gasteiger partial charge is 0.359 e. The molecule has 6 heteroatoms. The van der Waals surface area contributed by atoms with E-state index in [1.54, 1.807) is 12.1 Å². The van der Waals surface area contributed by atoms with Crippen LogP contribution in [0.4, 0.5) is 10.1 Å². The second-order valence-corrected chi connectivity index (χ2v) is 10.5. The van der Waals surface area contributed by atoms with E-state index in [1.165, 1.54) is 62.9 Å². The van der Waals surface area contributed by atoms with Gasteiger partial charge in [-0.15, -0.1) is 0 Å². The number of aromatic nitrogens is 1. The number of H-pyrrole nitrogens is 1. The summed E-state index contributed by atoms with van der Waals surface area (Å²) in [6, 6.07) is 14.6. The number of carbonyl (C=O) groups excluding carboxylic acids is 1. The highest BCUT2D eigenvalue weighted by molar-refractivity contribution is 6.36. The molecule has 1 aromatic heterocycles. The minimum absolute atomic E-state index is 0.147. The van der Waals surface area contributed by atoms with Crippen LogP contribution in [-0.4, -0.2) is 60.5 Å². The van der Waals surface area contributed by atoms with Crippen molar-refractivity contribution in [1.82, 2.24) is 14.8 Å². The number of nitrogens with zero attached hydrogens (tertiary/aromatic N) is 2. The number of rotatable bonds is 5. The van der Waals surface area contributed by atoms with Gasteiger partial charge in [-0.05, 0) is 80.6 Å². The third-order valence-corrected chi connectivity index (χ3v) is 8.06. The summed E-state index contributed by atoms with van der Waals surface area (Å²) < 4.78 is 14.6. The zero-order valence-corrected chi connectivity index (χ0v) is 20.8. The molecule has 0 radical (unpaired) electrons. The van der Waals surface area contributed by atoms with Crippen LogP contribution in [0.2, 0.25) is 0 Å². The fraction of sp³-hybridized carbons (Fsp3) is 0.367. The molecule has 2 aromatic carbocycles. The predicted molar refractivity (Wildman–Crippen MR) is 143 cm³/mol. The third kappa shape index (κ3) is 4.51. The van der Waals surface area contributed by atoms with Gasteiger partial charge in [-0.3, -0.25) is 4.79 Å². The number of benzene rings is 2. The van der Waals surface area contributed by atoms with Gasteiger partial charge in [0.05, 0.1) is 5.57 Å². The van der Waals surface area contributed by atoms with Crippen LogP contribution >= 0.6 is 0 Å². The number of halogens is 1. The smallest absolute Gasteiger partial charge is 0.256 e. The number of nitrogens with one attached hydrogen (secondary N) is 2. The van der Waals surface area contributed by atoms with Crippen LogP contribution in [0.3, 0.4) is 0 Å². The Kier molecular flexibility index (Phi) is 6.23. The number of hydrogen-bond donors (Lipinski definition) is 2. The zero-order chi connectivity index (χ0) is 24.6. The van der Waals surface area contributed by atoms with Crippen molar-refractivity contribution in [2.75, 3.05) is 45.1 Å². The van der Waals surface area contributed by atoms with Gasteiger partial charge in [0.1, 0.15) is 5.82 Å². The van der Waals surface area contributed by atoms with Crippen LogP contribution in [0.25, 0.3) is 22.8 Å². The van der Waals surface area contributed by atoms with E-state index in [2.05, 4.69) is 33.2 Å². The molecule has 186 valence electrons. The molecule has 1 atom stereocenters. The van der Waals surface area contributed by atoms with Gasteiger partial charge in [-0.25, -0.2) is 4.39 Å². The Hall–Kier alpha value is -3.22. The normalized spacial score (nSPS) is 21.4. The number of hydrogen-bond acceptors (Lipinski definition) is 3. The molecule has 2 N–H and O–H groups in total. The zero-order valence-electron chi connectivity index (χ0n) is 20.8. The summed E-state index contributed by atoms with van der Waals surface area (Å²) in [5.74, 6) is 0.269. The Morgan fingerprint density at radius 3 is 2.69 bits per heavy atom. The molecule has 0 saturated carbocycles. The first-order valence-electron chi connectivity index (χ1n) is 13.1. The van der Waals surface area contributed by atoms with E-state index < -0.39 is 0 Å². The third-order valence-electron chi connectivity index (χ3n) is 8.06. The fourth-order valence-corrected chi connectivity index (χ4v) is 5.94. The Bertz CT molecular complexity index is 1320. The highest BCUT2D eigenvalue weighted by Crippen LogP contribution is 2.41. The van der Waals surface area contributed by atoms with Gasteiger partial charge < -0.3 is 20.1 Å². The van der Waals surface area contributed by atoms with E-state index >= 15 is 0 Å². The number of piperazine rings is 1. The summed E-state index contributed by atoms with van der Waals surface area (Å²) >= 11 is 0. The lowest BCUT2D eigenvalue weighted by atomic mass is 9.85. The van der Waals surface area contributed by atoms with Gasteiger partial charge in [0, 0.05) is 54.4 Å². The second-order valence-electron chi connectivity index (χ2n) is 10.5. The average Bonchev–Trinajstić information content (AvgIpc) is 3.43. The molecule has 1 amide bonds. The van der Waals surface area contributed by atoms with Gasteiger partial charge in [0.15, 0.2) is 0 Å². The SMILES string of the molecule is CN1CCN(CCC2CCc3[nH]c(/C=C4\C(=O)Nc5cccc(-c6ccccc6F)c54)cc3C2)CC1. The van der Waals surface area contributed by atoms with E-state index in [4.69, 9.17) is 0 Å². The molecule has 36 heavy (non-hydrogen) atoms. The van der Waals surface area contributed by atoms with E-state index in [9.17, 15) is 9.18 Å². The quantitative estimate of drug-likeness (QED) is 0.498. The van der Waals surface area contributed by atoms with Crippen molar-refractivity contribution in [2.24, 2.45) is 5.92 Å². The number of aryl methyl sites for hydroxylation is 1. The number of carbonyl (C=O) groups is 1. The van der Waals surface area contributed by atoms with Crippen molar-refractivity contribution in [2.45, 2.75) is 25.7 Å². The van der Waals surface area contributed by atoms with Crippen molar-refractivity contribution < 1.29 is 9.18 Å². The lowest BCUT2D eigenvalue weighted by Crippen LogP contribution is -2.45. The van der Waals surface area contributed by atoms with Gasteiger partial charge in [0.25, 0.3) is 5.91 Å². The monoisotopic (exact) mass is 484 g/mol. The molecular formula is C30H33FN4O. The Balaban J connectivity index is 1.22. The lowest BCUT2D eigenvalue weighted by molar-refractivity contribution is -0.110. The molecule has 3 aromatic rings. The first-order chi connectivity index (χ1) is 17.5. The van der Waals surface area contributed by atoms with Crippen LogP contribution in [0.15, 0.2) is 48.5 Å². The van der Waals surface area contributed by atoms with Crippen molar-refractivity contribution >= 4 is 23.2 Å². The van der Waals surface area contributed by atoms with Crippen molar-refractivity contribution in [3.8, 4) is 11.1 Å². The number of aromatic amines is 1. The molecule has 6 rings (SSSR count). The Morgan fingerprint density at radius 2 is 1.86 bits per heavy atom. The molecule has 1 saturated heterocycles. The summed E-state index contributed by atoms with van der Waals surface area (Å²) in [6.07, 6.45) is 6.52. The Morgan fingerprint density at radius 1 is 1.06 bits per heavy atom.